The van der Waals surface area contributed by atoms with Crippen molar-refractivity contribution in [3.8, 4) is 0 Å². The van der Waals surface area contributed by atoms with Crippen LogP contribution in [-0.2, 0) is 0 Å². The van der Waals surface area contributed by atoms with E-state index in [0.29, 0.717) is 23.7 Å². The van der Waals surface area contributed by atoms with Gasteiger partial charge in [0.05, 0.1) is 16.7 Å². The highest BCUT2D eigenvalue weighted by Crippen LogP contribution is 2.40. The van der Waals surface area contributed by atoms with Gasteiger partial charge in [-0.25, -0.2) is 9.37 Å². The van der Waals surface area contributed by atoms with Crippen LogP contribution in [0.1, 0.15) is 56.6 Å². The van der Waals surface area contributed by atoms with E-state index in [1.165, 1.54) is 31.4 Å². The van der Waals surface area contributed by atoms with Gasteiger partial charge in [0.1, 0.15) is 17.3 Å². The fraction of sp³-hybridized carbons (Fsp3) is 0.474. The van der Waals surface area contributed by atoms with E-state index < -0.39 is 10.7 Å². The Hall–Kier alpha value is -2.77. The van der Waals surface area contributed by atoms with Gasteiger partial charge in [0.25, 0.3) is 5.69 Å². The fourth-order valence-electron chi connectivity index (χ4n) is 3.51. The van der Waals surface area contributed by atoms with Crippen LogP contribution in [0.4, 0.5) is 27.5 Å². The largest absolute Gasteiger partial charge is 0.351 e. The average Bonchev–Trinajstić information content (AvgIpc) is 3.49. The van der Waals surface area contributed by atoms with Crippen molar-refractivity contribution in [2.24, 2.45) is 0 Å². The first-order chi connectivity index (χ1) is 13.1. The number of rotatable bonds is 6. The molecule has 2 aliphatic carbocycles. The molecule has 0 bridgehead atoms. The second-order valence-corrected chi connectivity index (χ2v) is 7.30. The molecule has 0 aliphatic heterocycles. The Morgan fingerprint density at radius 3 is 2.56 bits per heavy atom. The molecule has 0 radical (unpaired) electrons. The summed E-state index contributed by atoms with van der Waals surface area (Å²) in [6.07, 6.45) is 8.06. The number of nitrogens with one attached hydrogen (secondary N) is 2. The first kappa shape index (κ1) is 17.6. The molecule has 1 heterocycles. The second kappa shape index (κ2) is 7.46. The SMILES string of the molecule is O=[N+]([O-])c1cc(F)ccc1Nc1cc(C2CC2)nc(NC2CCCCC2)n1. The minimum absolute atomic E-state index is 0.213. The normalized spacial score (nSPS) is 17.5. The van der Waals surface area contributed by atoms with Crippen LogP contribution >= 0.6 is 0 Å². The maximum atomic E-state index is 13.4. The van der Waals surface area contributed by atoms with Gasteiger partial charge in [-0.15, -0.1) is 0 Å². The molecule has 0 atom stereocenters. The molecular formula is C19H22FN5O2. The third-order valence-corrected chi connectivity index (χ3v) is 5.10. The third-order valence-electron chi connectivity index (χ3n) is 5.10. The first-order valence-electron chi connectivity index (χ1n) is 9.45. The Bertz CT molecular complexity index is 850. The van der Waals surface area contributed by atoms with Crippen molar-refractivity contribution < 1.29 is 9.31 Å². The Balaban J connectivity index is 1.61. The number of anilines is 3. The van der Waals surface area contributed by atoms with Crippen molar-refractivity contribution >= 4 is 23.1 Å². The second-order valence-electron chi connectivity index (χ2n) is 7.30. The van der Waals surface area contributed by atoms with Crippen LogP contribution in [-0.4, -0.2) is 20.9 Å². The lowest BCUT2D eigenvalue weighted by atomic mass is 9.96. The van der Waals surface area contributed by atoms with E-state index in [2.05, 4.69) is 20.6 Å². The lowest BCUT2D eigenvalue weighted by Crippen LogP contribution is -2.23. The van der Waals surface area contributed by atoms with Crippen molar-refractivity contribution in [1.29, 1.82) is 0 Å². The summed E-state index contributed by atoms with van der Waals surface area (Å²) in [4.78, 5) is 19.8. The van der Waals surface area contributed by atoms with Gasteiger partial charge >= 0.3 is 0 Å². The smallest absolute Gasteiger partial charge is 0.295 e. The topological polar surface area (TPSA) is 93.0 Å². The molecule has 8 heteroatoms. The molecule has 2 N–H and O–H groups in total. The molecule has 2 fully saturated rings. The van der Waals surface area contributed by atoms with Crippen LogP contribution in [0.5, 0.6) is 0 Å². The van der Waals surface area contributed by atoms with E-state index in [1.54, 1.807) is 0 Å². The molecule has 142 valence electrons. The highest BCUT2D eigenvalue weighted by atomic mass is 19.1. The maximum Gasteiger partial charge on any atom is 0.295 e. The summed E-state index contributed by atoms with van der Waals surface area (Å²) in [5.41, 5.74) is 0.837. The van der Waals surface area contributed by atoms with Crippen molar-refractivity contribution in [3.05, 3.63) is 45.9 Å². The van der Waals surface area contributed by atoms with Crippen molar-refractivity contribution in [2.75, 3.05) is 10.6 Å². The Morgan fingerprint density at radius 2 is 1.85 bits per heavy atom. The minimum Gasteiger partial charge on any atom is -0.351 e. The van der Waals surface area contributed by atoms with Gasteiger partial charge in [-0.3, -0.25) is 10.1 Å². The summed E-state index contributed by atoms with van der Waals surface area (Å²) in [5.74, 6) is 0.815. The Morgan fingerprint density at radius 1 is 1.07 bits per heavy atom. The minimum atomic E-state index is -0.645. The van der Waals surface area contributed by atoms with Crippen LogP contribution in [0, 0.1) is 15.9 Å². The quantitative estimate of drug-likeness (QED) is 0.555. The van der Waals surface area contributed by atoms with Gasteiger partial charge in [0.15, 0.2) is 0 Å². The number of hydrogen-bond acceptors (Lipinski definition) is 6. The lowest BCUT2D eigenvalue weighted by molar-refractivity contribution is -0.384. The molecule has 7 nitrogen and oxygen atoms in total. The third kappa shape index (κ3) is 4.32. The molecule has 2 saturated carbocycles. The molecule has 0 amide bonds. The molecule has 27 heavy (non-hydrogen) atoms. The van der Waals surface area contributed by atoms with Gasteiger partial charge in [-0.1, -0.05) is 19.3 Å². The van der Waals surface area contributed by atoms with Crippen LogP contribution < -0.4 is 10.6 Å². The number of halogens is 1. The highest BCUT2D eigenvalue weighted by Gasteiger charge is 2.27. The average molecular weight is 371 g/mol. The van der Waals surface area contributed by atoms with E-state index in [-0.39, 0.29) is 11.4 Å². The zero-order valence-corrected chi connectivity index (χ0v) is 14.9. The number of nitrogens with zero attached hydrogens (tertiary/aromatic N) is 3. The zero-order chi connectivity index (χ0) is 18.8. The highest BCUT2D eigenvalue weighted by molar-refractivity contribution is 5.68. The molecule has 0 spiro atoms. The first-order valence-corrected chi connectivity index (χ1v) is 9.45. The van der Waals surface area contributed by atoms with Crippen molar-refractivity contribution in [2.45, 2.75) is 56.9 Å². The summed E-state index contributed by atoms with van der Waals surface area (Å²) in [6, 6.07) is 5.66. The molecule has 1 aromatic heterocycles. The van der Waals surface area contributed by atoms with E-state index in [0.717, 1.165) is 37.4 Å². The van der Waals surface area contributed by atoms with Crippen LogP contribution in [0.15, 0.2) is 24.3 Å². The van der Waals surface area contributed by atoms with E-state index >= 15 is 0 Å². The van der Waals surface area contributed by atoms with E-state index in [9.17, 15) is 14.5 Å². The summed E-state index contributed by atoms with van der Waals surface area (Å²) in [7, 11) is 0. The van der Waals surface area contributed by atoms with Crippen molar-refractivity contribution in [3.63, 3.8) is 0 Å². The molecule has 0 unspecified atom stereocenters. The van der Waals surface area contributed by atoms with Gasteiger partial charge in [-0.05, 0) is 37.8 Å². The molecule has 1 aromatic carbocycles. The van der Waals surface area contributed by atoms with Gasteiger partial charge in [0.2, 0.25) is 5.95 Å². The van der Waals surface area contributed by atoms with E-state index in [1.807, 2.05) is 6.07 Å². The Labute approximate surface area is 156 Å². The predicted molar refractivity (Wildman–Crippen MR) is 101 cm³/mol. The lowest BCUT2D eigenvalue weighted by Gasteiger charge is -2.23. The van der Waals surface area contributed by atoms with E-state index in [4.69, 9.17) is 0 Å². The summed E-state index contributed by atoms with van der Waals surface area (Å²) in [5, 5.41) is 17.6. The number of nitro groups is 1. The zero-order valence-electron chi connectivity index (χ0n) is 14.9. The number of nitro benzene ring substituents is 1. The van der Waals surface area contributed by atoms with Gasteiger partial charge in [0, 0.05) is 18.0 Å². The fourth-order valence-corrected chi connectivity index (χ4v) is 3.51. The molecule has 4 rings (SSSR count). The standard InChI is InChI=1S/C19H22FN5O2/c20-13-8-9-15(17(10-13)25(26)27)22-18-11-16(12-6-7-12)23-19(24-18)21-14-4-2-1-3-5-14/h8-12,14H,1-7H2,(H2,21,22,23,24). The number of hydrogen-bond donors (Lipinski definition) is 2. The predicted octanol–water partition coefficient (Wildman–Crippen LogP) is 4.89. The Kier molecular flexibility index (Phi) is 4.87. The van der Waals surface area contributed by atoms with Crippen LogP contribution in [0.2, 0.25) is 0 Å². The maximum absolute atomic E-state index is 13.4. The monoisotopic (exact) mass is 371 g/mol. The van der Waals surface area contributed by atoms with Crippen LogP contribution in [0.25, 0.3) is 0 Å². The summed E-state index contributed by atoms with van der Waals surface area (Å²) >= 11 is 0. The molecule has 2 aromatic rings. The van der Waals surface area contributed by atoms with Crippen molar-refractivity contribution in [1.82, 2.24) is 9.97 Å². The van der Waals surface area contributed by atoms with Gasteiger partial charge < -0.3 is 10.6 Å². The summed E-state index contributed by atoms with van der Waals surface area (Å²) in [6.45, 7) is 0. The van der Waals surface area contributed by atoms with Gasteiger partial charge in [-0.2, -0.15) is 4.98 Å². The number of benzene rings is 1. The van der Waals surface area contributed by atoms with Crippen LogP contribution in [0.3, 0.4) is 0 Å². The number of aromatic nitrogens is 2. The summed E-state index contributed by atoms with van der Waals surface area (Å²) < 4.78 is 13.4. The molecule has 0 saturated heterocycles. The molecular weight excluding hydrogens is 349 g/mol. The molecule has 2 aliphatic rings.